The highest BCUT2D eigenvalue weighted by Gasteiger charge is 2.14. The maximum atomic E-state index is 11.7. The van der Waals surface area contributed by atoms with Crippen LogP contribution in [0.15, 0.2) is 24.3 Å². The molecule has 1 amide bonds. The third-order valence-corrected chi connectivity index (χ3v) is 1.92. The van der Waals surface area contributed by atoms with Crippen LogP contribution in [0.2, 0.25) is 0 Å². The zero-order valence-corrected chi connectivity index (χ0v) is 11.7. The van der Waals surface area contributed by atoms with Crippen molar-refractivity contribution in [3.63, 3.8) is 0 Å². The van der Waals surface area contributed by atoms with E-state index in [9.17, 15) is 4.79 Å². The van der Waals surface area contributed by atoms with Crippen molar-refractivity contribution in [2.45, 2.75) is 40.2 Å². The van der Waals surface area contributed by atoms with Gasteiger partial charge in [-0.1, -0.05) is 13.8 Å². The van der Waals surface area contributed by atoms with E-state index in [2.05, 4.69) is 10.6 Å². The summed E-state index contributed by atoms with van der Waals surface area (Å²) in [4.78, 5) is 11.7. The van der Waals surface area contributed by atoms with E-state index >= 15 is 0 Å². The van der Waals surface area contributed by atoms with Crippen LogP contribution in [0.5, 0.6) is 0 Å². The predicted octanol–water partition coefficient (Wildman–Crippen LogP) is 3.28. The highest BCUT2D eigenvalue weighted by molar-refractivity contribution is 5.94. The van der Waals surface area contributed by atoms with E-state index in [1.165, 1.54) is 0 Å². The number of hydrogen-bond donors (Lipinski definition) is 2. The third kappa shape index (κ3) is 5.95. The van der Waals surface area contributed by atoms with Crippen LogP contribution in [-0.4, -0.2) is 18.5 Å². The van der Waals surface area contributed by atoms with Crippen LogP contribution in [0.4, 0.5) is 5.69 Å². The molecule has 1 aromatic rings. The van der Waals surface area contributed by atoms with Gasteiger partial charge >= 0.3 is 0 Å². The molecule has 1 rings (SSSR count). The van der Waals surface area contributed by atoms with Crippen LogP contribution >= 0.6 is 0 Å². The monoisotopic (exact) mass is 236 g/mol. The Labute approximate surface area is 105 Å². The van der Waals surface area contributed by atoms with Gasteiger partial charge in [-0.05, 0) is 45.0 Å². The quantitative estimate of drug-likeness (QED) is 0.827. The summed E-state index contributed by atoms with van der Waals surface area (Å²) in [6.07, 6.45) is 0. The van der Waals surface area contributed by atoms with E-state index in [1.807, 2.05) is 65.9 Å². The molecule has 1 aromatic carbocycles. The minimum absolute atomic E-state index is 0.0369. The van der Waals surface area contributed by atoms with Crippen LogP contribution in [0.25, 0.3) is 0 Å². The Morgan fingerprint density at radius 3 is 1.88 bits per heavy atom. The molecule has 0 atom stereocenters. The number of anilines is 1. The minimum atomic E-state index is -0.196. The van der Waals surface area contributed by atoms with E-state index in [0.29, 0.717) is 5.56 Å². The van der Waals surface area contributed by atoms with Crippen molar-refractivity contribution in [3.8, 4) is 0 Å². The van der Waals surface area contributed by atoms with E-state index in [0.717, 1.165) is 5.69 Å². The first kappa shape index (κ1) is 15.5. The average molecular weight is 236 g/mol. The lowest BCUT2D eigenvalue weighted by atomic mass is 10.1. The van der Waals surface area contributed by atoms with Gasteiger partial charge in [-0.2, -0.15) is 0 Å². The fourth-order valence-corrected chi connectivity index (χ4v) is 1.20. The first-order chi connectivity index (χ1) is 7.92. The predicted molar refractivity (Wildman–Crippen MR) is 74.6 cm³/mol. The molecule has 0 aliphatic rings. The summed E-state index contributed by atoms with van der Waals surface area (Å²) in [6.45, 7) is 9.90. The highest BCUT2D eigenvalue weighted by Crippen LogP contribution is 2.09. The molecule has 0 fully saturated rings. The van der Waals surface area contributed by atoms with Gasteiger partial charge in [-0.3, -0.25) is 4.79 Å². The minimum Gasteiger partial charge on any atom is -0.388 e. The van der Waals surface area contributed by atoms with Gasteiger partial charge in [-0.25, -0.2) is 0 Å². The molecule has 0 radical (unpaired) electrons. The van der Waals surface area contributed by atoms with Crippen LogP contribution in [-0.2, 0) is 0 Å². The first-order valence-electron chi connectivity index (χ1n) is 6.03. The van der Waals surface area contributed by atoms with Crippen molar-refractivity contribution in [1.82, 2.24) is 5.32 Å². The first-order valence-corrected chi connectivity index (χ1v) is 6.03. The molecule has 0 aromatic heterocycles. The fraction of sp³-hybridized carbons (Fsp3) is 0.500. The Kier molecular flexibility index (Phi) is 6.33. The lowest BCUT2D eigenvalue weighted by Crippen LogP contribution is -2.40. The number of rotatable bonds is 2. The molecule has 0 saturated heterocycles. The van der Waals surface area contributed by atoms with E-state index in [-0.39, 0.29) is 11.4 Å². The summed E-state index contributed by atoms with van der Waals surface area (Å²) in [5, 5.41) is 5.92. The van der Waals surface area contributed by atoms with Gasteiger partial charge in [0.2, 0.25) is 0 Å². The molecule has 0 aliphatic heterocycles. The molecular weight excluding hydrogens is 212 g/mol. The Bertz CT molecular complexity index is 336. The Hall–Kier alpha value is -1.51. The zero-order valence-electron chi connectivity index (χ0n) is 11.7. The standard InChI is InChI=1S/C12H18N2O.C2H6/c1-12(2,3)14-11(15)9-5-7-10(13-4)8-6-9;1-2/h5-8,13H,1-4H3,(H,14,15);1-2H3. The van der Waals surface area contributed by atoms with Gasteiger partial charge in [-0.15, -0.1) is 0 Å². The van der Waals surface area contributed by atoms with Crippen LogP contribution in [0, 0.1) is 0 Å². The van der Waals surface area contributed by atoms with Crippen LogP contribution < -0.4 is 10.6 Å². The van der Waals surface area contributed by atoms with Crippen molar-refractivity contribution < 1.29 is 4.79 Å². The zero-order chi connectivity index (χ0) is 13.5. The maximum absolute atomic E-state index is 11.7. The van der Waals surface area contributed by atoms with Crippen molar-refractivity contribution in [2.24, 2.45) is 0 Å². The summed E-state index contributed by atoms with van der Waals surface area (Å²) in [6, 6.07) is 7.40. The van der Waals surface area contributed by atoms with Crippen molar-refractivity contribution >= 4 is 11.6 Å². The number of benzene rings is 1. The Morgan fingerprint density at radius 1 is 1.06 bits per heavy atom. The average Bonchev–Trinajstić information content (AvgIpc) is 2.29. The number of carbonyl (C=O) groups excluding carboxylic acids is 1. The second-order valence-corrected chi connectivity index (χ2v) is 4.53. The van der Waals surface area contributed by atoms with Crippen molar-refractivity contribution in [3.05, 3.63) is 29.8 Å². The second kappa shape index (κ2) is 6.94. The topological polar surface area (TPSA) is 41.1 Å². The molecule has 0 bridgehead atoms. The number of amides is 1. The molecule has 3 nitrogen and oxygen atoms in total. The van der Waals surface area contributed by atoms with E-state index in [1.54, 1.807) is 0 Å². The van der Waals surface area contributed by atoms with Gasteiger partial charge in [0, 0.05) is 23.8 Å². The van der Waals surface area contributed by atoms with Crippen molar-refractivity contribution in [1.29, 1.82) is 0 Å². The van der Waals surface area contributed by atoms with Gasteiger partial charge in [0.1, 0.15) is 0 Å². The third-order valence-electron chi connectivity index (χ3n) is 1.92. The molecule has 0 unspecified atom stereocenters. The molecular formula is C14H24N2O. The summed E-state index contributed by atoms with van der Waals surface area (Å²) in [5.74, 6) is -0.0369. The lowest BCUT2D eigenvalue weighted by molar-refractivity contribution is 0.0919. The van der Waals surface area contributed by atoms with Gasteiger partial charge in [0.25, 0.3) is 5.91 Å². The van der Waals surface area contributed by atoms with Gasteiger partial charge in [0.15, 0.2) is 0 Å². The van der Waals surface area contributed by atoms with Crippen LogP contribution in [0.1, 0.15) is 45.0 Å². The molecule has 0 spiro atoms. The second-order valence-electron chi connectivity index (χ2n) is 4.53. The highest BCUT2D eigenvalue weighted by atomic mass is 16.1. The molecule has 2 N–H and O–H groups in total. The summed E-state index contributed by atoms with van der Waals surface area (Å²) >= 11 is 0. The lowest BCUT2D eigenvalue weighted by Gasteiger charge is -2.20. The Morgan fingerprint density at radius 2 is 1.53 bits per heavy atom. The molecule has 17 heavy (non-hydrogen) atoms. The van der Waals surface area contributed by atoms with E-state index in [4.69, 9.17) is 0 Å². The number of hydrogen-bond acceptors (Lipinski definition) is 2. The van der Waals surface area contributed by atoms with Gasteiger partial charge < -0.3 is 10.6 Å². The molecule has 0 aliphatic carbocycles. The number of nitrogens with one attached hydrogen (secondary N) is 2. The van der Waals surface area contributed by atoms with Gasteiger partial charge in [0.05, 0.1) is 0 Å². The normalized spacial score (nSPS) is 10.0. The van der Waals surface area contributed by atoms with Crippen LogP contribution in [0.3, 0.4) is 0 Å². The molecule has 0 heterocycles. The maximum Gasteiger partial charge on any atom is 0.251 e. The Balaban J connectivity index is 0.00000121. The largest absolute Gasteiger partial charge is 0.388 e. The molecule has 96 valence electrons. The van der Waals surface area contributed by atoms with E-state index < -0.39 is 0 Å². The summed E-state index contributed by atoms with van der Waals surface area (Å²) in [7, 11) is 1.85. The SMILES string of the molecule is CC.CNc1ccc(C(=O)NC(C)(C)C)cc1. The smallest absolute Gasteiger partial charge is 0.251 e. The summed E-state index contributed by atoms with van der Waals surface area (Å²) < 4.78 is 0. The fourth-order valence-electron chi connectivity index (χ4n) is 1.20. The number of carbonyl (C=O) groups is 1. The molecule has 0 saturated carbocycles. The molecule has 3 heteroatoms. The van der Waals surface area contributed by atoms with Crippen molar-refractivity contribution in [2.75, 3.05) is 12.4 Å². The summed E-state index contributed by atoms with van der Waals surface area (Å²) in [5.41, 5.74) is 1.49.